The van der Waals surface area contributed by atoms with Crippen molar-refractivity contribution in [2.75, 3.05) is 6.61 Å². The normalized spacial score (nSPS) is 32.0. The molecule has 0 saturated carbocycles. The van der Waals surface area contributed by atoms with Gasteiger partial charge in [0.2, 0.25) is 0 Å². The molecule has 1 saturated heterocycles. The van der Waals surface area contributed by atoms with E-state index in [-0.39, 0.29) is 30.5 Å². The smallest absolute Gasteiger partial charge is 0.316 e. The van der Waals surface area contributed by atoms with Gasteiger partial charge in [-0.2, -0.15) is 0 Å². The lowest BCUT2D eigenvalue weighted by Crippen LogP contribution is -2.48. The van der Waals surface area contributed by atoms with Crippen LogP contribution in [0.15, 0.2) is 42.6 Å². The van der Waals surface area contributed by atoms with Gasteiger partial charge in [0, 0.05) is 35.8 Å². The molecule has 0 aliphatic carbocycles. The van der Waals surface area contributed by atoms with E-state index >= 15 is 0 Å². The summed E-state index contributed by atoms with van der Waals surface area (Å²) in [5, 5.41) is 1.04. The highest BCUT2D eigenvalue weighted by molar-refractivity contribution is 5.99. The second-order valence-corrected chi connectivity index (χ2v) is 12.3. The van der Waals surface area contributed by atoms with Crippen molar-refractivity contribution in [2.45, 2.75) is 91.5 Å². The average molecular weight is 580 g/mol. The molecule has 1 aromatic carbocycles. The Morgan fingerprint density at radius 1 is 0.976 bits per heavy atom. The van der Waals surface area contributed by atoms with Gasteiger partial charge in [-0.1, -0.05) is 58.0 Å². The highest BCUT2D eigenvalue weighted by atomic mass is 16.6. The largest absolute Gasteiger partial charge is 0.458 e. The predicted molar refractivity (Wildman–Crippen MR) is 161 cm³/mol. The molecule has 42 heavy (non-hydrogen) atoms. The lowest BCUT2D eigenvalue weighted by molar-refractivity contribution is -0.183. The van der Waals surface area contributed by atoms with Crippen molar-refractivity contribution >= 4 is 41.0 Å². The van der Waals surface area contributed by atoms with Crippen LogP contribution in [0.2, 0.25) is 0 Å². The van der Waals surface area contributed by atoms with Gasteiger partial charge in [-0.3, -0.25) is 24.2 Å². The van der Waals surface area contributed by atoms with Crippen LogP contribution in [0, 0.1) is 23.7 Å². The van der Waals surface area contributed by atoms with Gasteiger partial charge in [0.15, 0.2) is 0 Å². The number of esters is 1. The lowest BCUT2D eigenvalue weighted by atomic mass is 9.76. The summed E-state index contributed by atoms with van der Waals surface area (Å²) in [4.78, 5) is 56.0. The van der Waals surface area contributed by atoms with Crippen LogP contribution in [0.25, 0.3) is 17.0 Å². The number of nitrogens with zero attached hydrogens (tertiary/aromatic N) is 1. The average Bonchev–Trinajstić information content (AvgIpc) is 2.96. The number of carbonyl (C=O) groups is 4. The van der Waals surface area contributed by atoms with Gasteiger partial charge in [0.25, 0.3) is 6.47 Å². The third kappa shape index (κ3) is 8.12. The third-order valence-electron chi connectivity index (χ3n) is 8.50. The van der Waals surface area contributed by atoms with Gasteiger partial charge < -0.3 is 14.2 Å². The monoisotopic (exact) mass is 579 g/mol. The van der Waals surface area contributed by atoms with Gasteiger partial charge in [0.1, 0.15) is 29.2 Å². The molecule has 8 heteroatoms. The SMILES string of the molecule is CC[C@H]1OC(=O)[C@H](C)C(=O)[C@H](C)C[C@](C)(OC/C=C/c2cnc3ccccc3c2)C[C@@H](C)C(=O)[C@H](C)C[C@]1(C)OC=O. The summed E-state index contributed by atoms with van der Waals surface area (Å²) in [6.45, 7) is 13.0. The fourth-order valence-corrected chi connectivity index (χ4v) is 6.30. The molecule has 2 heterocycles. The predicted octanol–water partition coefficient (Wildman–Crippen LogP) is 6.14. The number of aromatic nitrogens is 1. The van der Waals surface area contributed by atoms with Crippen LogP contribution in [0.4, 0.5) is 0 Å². The van der Waals surface area contributed by atoms with E-state index in [1.165, 1.54) is 0 Å². The van der Waals surface area contributed by atoms with Crippen molar-refractivity contribution in [3.05, 3.63) is 48.2 Å². The number of hydrogen-bond donors (Lipinski definition) is 0. The molecule has 0 radical (unpaired) electrons. The van der Waals surface area contributed by atoms with Gasteiger partial charge in [0.05, 0.1) is 17.7 Å². The minimum atomic E-state index is -1.22. The van der Waals surface area contributed by atoms with E-state index < -0.39 is 41.0 Å². The van der Waals surface area contributed by atoms with E-state index in [4.69, 9.17) is 14.2 Å². The Balaban J connectivity index is 1.85. The molecule has 1 aliphatic heterocycles. The van der Waals surface area contributed by atoms with Crippen molar-refractivity contribution in [2.24, 2.45) is 23.7 Å². The standard InChI is InChI=1S/C34H45NO7/c1-8-29-34(7,41-21-36)19-24(4)30(37)22(2)17-33(6,18-23(3)31(38)25(5)32(39)42-29)40-15-11-12-26-16-27-13-9-10-14-28(27)35-20-26/h9-14,16,20-25,29H,8,15,17-19H2,1-7H3/b12-11+/t22-,23-,24-,25-,29-,33-,34+/m1/s1. The molecule has 7 atom stereocenters. The minimum absolute atomic E-state index is 0.00563. The first-order chi connectivity index (χ1) is 19.8. The maximum absolute atomic E-state index is 13.6. The van der Waals surface area contributed by atoms with Crippen LogP contribution >= 0.6 is 0 Å². The van der Waals surface area contributed by atoms with Crippen LogP contribution in [0.3, 0.4) is 0 Å². The van der Waals surface area contributed by atoms with Crippen molar-refractivity contribution in [3.63, 3.8) is 0 Å². The van der Waals surface area contributed by atoms with Crippen molar-refractivity contribution in [1.82, 2.24) is 4.98 Å². The molecular formula is C34H45NO7. The van der Waals surface area contributed by atoms with Crippen LogP contribution < -0.4 is 0 Å². The van der Waals surface area contributed by atoms with E-state index in [2.05, 4.69) is 11.1 Å². The molecule has 0 unspecified atom stereocenters. The first-order valence-corrected chi connectivity index (χ1v) is 14.9. The second kappa shape index (κ2) is 14.2. The fraction of sp³-hybridized carbons (Fsp3) is 0.559. The summed E-state index contributed by atoms with van der Waals surface area (Å²) < 4.78 is 17.6. The number of cyclic esters (lactones) is 1. The number of pyridine rings is 1. The van der Waals surface area contributed by atoms with Crippen LogP contribution in [0.1, 0.15) is 79.7 Å². The Morgan fingerprint density at radius 3 is 2.29 bits per heavy atom. The summed E-state index contributed by atoms with van der Waals surface area (Å²) in [6, 6.07) is 9.95. The number of ether oxygens (including phenoxy) is 3. The number of hydrogen-bond acceptors (Lipinski definition) is 8. The van der Waals surface area contributed by atoms with E-state index in [1.807, 2.05) is 57.2 Å². The number of benzene rings is 1. The summed E-state index contributed by atoms with van der Waals surface area (Å²) >= 11 is 0. The third-order valence-corrected chi connectivity index (χ3v) is 8.50. The summed E-state index contributed by atoms with van der Waals surface area (Å²) in [5.41, 5.74) is -0.182. The molecule has 1 aromatic heterocycles. The maximum atomic E-state index is 13.6. The van der Waals surface area contributed by atoms with Crippen molar-refractivity contribution < 1.29 is 33.4 Å². The number of fused-ring (bicyclic) bond motifs is 1. The number of ketones is 2. The van der Waals surface area contributed by atoms with E-state index in [0.29, 0.717) is 25.7 Å². The lowest BCUT2D eigenvalue weighted by Gasteiger charge is -2.39. The zero-order chi connectivity index (χ0) is 31.1. The molecule has 0 N–H and O–H groups in total. The zero-order valence-electron chi connectivity index (χ0n) is 25.9. The highest BCUT2D eigenvalue weighted by Crippen LogP contribution is 2.35. The molecule has 8 nitrogen and oxygen atoms in total. The molecule has 3 rings (SSSR count). The van der Waals surface area contributed by atoms with Crippen molar-refractivity contribution in [1.29, 1.82) is 0 Å². The van der Waals surface area contributed by atoms with Gasteiger partial charge >= 0.3 is 5.97 Å². The van der Waals surface area contributed by atoms with Crippen molar-refractivity contribution in [3.8, 4) is 0 Å². The number of carbonyl (C=O) groups excluding carboxylic acids is 4. The van der Waals surface area contributed by atoms with Gasteiger partial charge in [-0.05, 0) is 57.7 Å². The first kappa shape index (κ1) is 33.1. The Kier molecular flexibility index (Phi) is 11.2. The minimum Gasteiger partial charge on any atom is -0.458 e. The molecule has 0 spiro atoms. The van der Waals surface area contributed by atoms with Gasteiger partial charge in [-0.25, -0.2) is 0 Å². The quantitative estimate of drug-likeness (QED) is 0.219. The van der Waals surface area contributed by atoms with Gasteiger partial charge in [-0.15, -0.1) is 0 Å². The van der Waals surface area contributed by atoms with Crippen LogP contribution in [0.5, 0.6) is 0 Å². The molecular weight excluding hydrogens is 534 g/mol. The molecule has 0 amide bonds. The number of para-hydroxylation sites is 1. The zero-order valence-corrected chi connectivity index (χ0v) is 25.9. The number of rotatable bonds is 7. The highest BCUT2D eigenvalue weighted by Gasteiger charge is 2.44. The molecule has 0 bridgehead atoms. The molecule has 1 fully saturated rings. The Hall–Kier alpha value is -3.39. The van der Waals surface area contributed by atoms with E-state index in [1.54, 1.807) is 33.9 Å². The fourth-order valence-electron chi connectivity index (χ4n) is 6.30. The number of Topliss-reactive ketones (excluding diaryl/α,β-unsaturated/α-hetero) is 2. The molecule has 2 aromatic rings. The van der Waals surface area contributed by atoms with Crippen LogP contribution in [-0.4, -0.2) is 52.9 Å². The Morgan fingerprint density at radius 2 is 1.62 bits per heavy atom. The summed E-state index contributed by atoms with van der Waals surface area (Å²) in [7, 11) is 0. The Bertz CT molecular complexity index is 1310. The second-order valence-electron chi connectivity index (χ2n) is 12.3. The summed E-state index contributed by atoms with van der Waals surface area (Å²) in [6.07, 6.45) is 6.11. The van der Waals surface area contributed by atoms with E-state index in [0.717, 1.165) is 16.5 Å². The molecule has 1 aliphatic rings. The van der Waals surface area contributed by atoms with Crippen LogP contribution in [-0.2, 0) is 33.4 Å². The van der Waals surface area contributed by atoms with E-state index in [9.17, 15) is 19.2 Å². The first-order valence-electron chi connectivity index (χ1n) is 14.9. The topological polar surface area (TPSA) is 109 Å². The molecule has 228 valence electrons. The summed E-state index contributed by atoms with van der Waals surface area (Å²) in [5.74, 6) is -3.31. The maximum Gasteiger partial charge on any atom is 0.316 e. The Labute approximate surface area is 249 Å².